The average molecular weight is 351 g/mol. The van der Waals surface area contributed by atoms with E-state index in [9.17, 15) is 0 Å². The number of nitrogens with zero attached hydrogens (tertiary/aromatic N) is 1. The predicted molar refractivity (Wildman–Crippen MR) is 105 cm³/mol. The van der Waals surface area contributed by atoms with Crippen molar-refractivity contribution in [2.75, 3.05) is 5.43 Å². The van der Waals surface area contributed by atoms with Crippen LogP contribution in [0.15, 0.2) is 77.9 Å². The summed E-state index contributed by atoms with van der Waals surface area (Å²) in [5.74, 6) is 0.812. The summed E-state index contributed by atoms with van der Waals surface area (Å²) in [5.41, 5.74) is 7.15. The molecule has 3 aromatic rings. The number of aryl methyl sites for hydroxylation is 1. The van der Waals surface area contributed by atoms with Gasteiger partial charge in [0.15, 0.2) is 0 Å². The number of ether oxygens (including phenoxy) is 1. The van der Waals surface area contributed by atoms with Crippen molar-refractivity contribution in [1.82, 2.24) is 0 Å². The van der Waals surface area contributed by atoms with Gasteiger partial charge in [0.05, 0.1) is 11.9 Å². The van der Waals surface area contributed by atoms with E-state index >= 15 is 0 Å². The minimum atomic E-state index is 0.543. The van der Waals surface area contributed by atoms with E-state index in [-0.39, 0.29) is 0 Å². The van der Waals surface area contributed by atoms with Crippen LogP contribution in [0, 0.1) is 6.92 Å². The van der Waals surface area contributed by atoms with Crippen LogP contribution < -0.4 is 10.2 Å². The summed E-state index contributed by atoms with van der Waals surface area (Å²) in [6, 6.07) is 23.6. The van der Waals surface area contributed by atoms with E-state index in [2.05, 4.69) is 41.7 Å². The van der Waals surface area contributed by atoms with Crippen molar-refractivity contribution in [2.24, 2.45) is 5.10 Å². The van der Waals surface area contributed by atoms with Gasteiger partial charge in [-0.25, -0.2) is 0 Å². The Morgan fingerprint density at radius 3 is 2.60 bits per heavy atom. The normalized spacial score (nSPS) is 10.8. The molecule has 0 aliphatic carbocycles. The monoisotopic (exact) mass is 350 g/mol. The zero-order valence-corrected chi connectivity index (χ0v) is 14.7. The summed E-state index contributed by atoms with van der Waals surface area (Å²) >= 11 is 5.95. The molecule has 3 nitrogen and oxygen atoms in total. The predicted octanol–water partition coefficient (Wildman–Crippen LogP) is 5.67. The molecule has 0 aromatic heterocycles. The van der Waals surface area contributed by atoms with Crippen molar-refractivity contribution in [3.05, 3.63) is 94.5 Å². The van der Waals surface area contributed by atoms with Gasteiger partial charge in [0.1, 0.15) is 12.4 Å². The fourth-order valence-corrected chi connectivity index (χ4v) is 2.47. The molecule has 4 heteroatoms. The van der Waals surface area contributed by atoms with E-state index in [0.717, 1.165) is 22.6 Å². The van der Waals surface area contributed by atoms with Crippen LogP contribution in [0.5, 0.6) is 5.75 Å². The smallest absolute Gasteiger partial charge is 0.120 e. The first-order valence-corrected chi connectivity index (χ1v) is 8.40. The molecule has 0 radical (unpaired) electrons. The molecule has 0 saturated heterocycles. The molecule has 0 saturated carbocycles. The Balaban J connectivity index is 1.59. The Morgan fingerprint density at radius 2 is 1.80 bits per heavy atom. The molecule has 1 N–H and O–H groups in total. The number of benzene rings is 3. The zero-order valence-electron chi connectivity index (χ0n) is 13.9. The first-order chi connectivity index (χ1) is 12.2. The van der Waals surface area contributed by atoms with Crippen molar-refractivity contribution in [3.63, 3.8) is 0 Å². The highest BCUT2D eigenvalue weighted by atomic mass is 35.5. The third-order valence-corrected chi connectivity index (χ3v) is 3.85. The van der Waals surface area contributed by atoms with Gasteiger partial charge >= 0.3 is 0 Å². The molecule has 0 bridgehead atoms. The number of hydrogen-bond donors (Lipinski definition) is 1. The molecule has 0 fully saturated rings. The summed E-state index contributed by atoms with van der Waals surface area (Å²) in [4.78, 5) is 0. The van der Waals surface area contributed by atoms with Gasteiger partial charge < -0.3 is 4.74 Å². The number of rotatable bonds is 6. The van der Waals surface area contributed by atoms with Crippen LogP contribution in [0.25, 0.3) is 0 Å². The Bertz CT molecular complexity index is 860. The number of anilines is 1. The summed E-state index contributed by atoms with van der Waals surface area (Å²) < 4.78 is 5.85. The number of hydrazone groups is 1. The molecule has 0 spiro atoms. The topological polar surface area (TPSA) is 33.6 Å². The van der Waals surface area contributed by atoms with Crippen molar-refractivity contribution in [2.45, 2.75) is 13.5 Å². The molecular weight excluding hydrogens is 332 g/mol. The lowest BCUT2D eigenvalue weighted by Gasteiger charge is -2.07. The Labute approximate surface area is 152 Å². The first kappa shape index (κ1) is 17.1. The highest BCUT2D eigenvalue weighted by molar-refractivity contribution is 6.30. The maximum atomic E-state index is 5.95. The quantitative estimate of drug-likeness (QED) is 0.458. The van der Waals surface area contributed by atoms with Crippen LogP contribution in [-0.2, 0) is 6.61 Å². The van der Waals surface area contributed by atoms with Crippen molar-refractivity contribution in [3.8, 4) is 5.75 Å². The van der Waals surface area contributed by atoms with Gasteiger partial charge in [0.25, 0.3) is 0 Å². The second-order valence-corrected chi connectivity index (χ2v) is 6.16. The second kappa shape index (κ2) is 8.36. The van der Waals surface area contributed by atoms with Crippen LogP contribution in [0.2, 0.25) is 5.02 Å². The van der Waals surface area contributed by atoms with E-state index in [1.54, 1.807) is 6.21 Å². The minimum Gasteiger partial charge on any atom is -0.489 e. The lowest BCUT2D eigenvalue weighted by molar-refractivity contribution is 0.306. The molecule has 3 aromatic carbocycles. The third kappa shape index (κ3) is 5.37. The molecule has 3 rings (SSSR count). The lowest BCUT2D eigenvalue weighted by atomic mass is 10.2. The largest absolute Gasteiger partial charge is 0.489 e. The Hall–Kier alpha value is -2.78. The van der Waals surface area contributed by atoms with E-state index in [4.69, 9.17) is 16.3 Å². The van der Waals surface area contributed by atoms with E-state index in [0.29, 0.717) is 11.6 Å². The Kier molecular flexibility index (Phi) is 5.70. The van der Waals surface area contributed by atoms with Crippen LogP contribution in [-0.4, -0.2) is 6.21 Å². The van der Waals surface area contributed by atoms with E-state index < -0.39 is 0 Å². The third-order valence-electron chi connectivity index (χ3n) is 3.62. The van der Waals surface area contributed by atoms with Crippen LogP contribution in [0.3, 0.4) is 0 Å². The highest BCUT2D eigenvalue weighted by Gasteiger charge is 1.98. The van der Waals surface area contributed by atoms with Gasteiger partial charge in [-0.3, -0.25) is 5.43 Å². The van der Waals surface area contributed by atoms with Gasteiger partial charge in [0, 0.05) is 5.02 Å². The van der Waals surface area contributed by atoms with E-state index in [1.165, 1.54) is 5.56 Å². The second-order valence-electron chi connectivity index (χ2n) is 5.73. The molecule has 0 amide bonds. The minimum absolute atomic E-state index is 0.543. The molecule has 126 valence electrons. The van der Waals surface area contributed by atoms with E-state index in [1.807, 2.05) is 48.5 Å². The number of halogens is 1. The fraction of sp³-hybridized carbons (Fsp3) is 0.0952. The van der Waals surface area contributed by atoms with Gasteiger partial charge in [-0.2, -0.15) is 5.10 Å². The number of nitrogens with one attached hydrogen (secondary N) is 1. The summed E-state index contributed by atoms with van der Waals surface area (Å²) in [6.07, 6.45) is 1.75. The maximum absolute atomic E-state index is 5.95. The average Bonchev–Trinajstić information content (AvgIpc) is 2.62. The van der Waals surface area contributed by atoms with Crippen LogP contribution >= 0.6 is 11.6 Å². The summed E-state index contributed by atoms with van der Waals surface area (Å²) in [7, 11) is 0. The molecule has 0 aliphatic heterocycles. The van der Waals surface area contributed by atoms with Crippen molar-refractivity contribution in [1.29, 1.82) is 0 Å². The van der Waals surface area contributed by atoms with Crippen LogP contribution in [0.4, 0.5) is 5.69 Å². The molecule has 0 aliphatic rings. The van der Waals surface area contributed by atoms with Gasteiger partial charge in [-0.15, -0.1) is 0 Å². The highest BCUT2D eigenvalue weighted by Crippen LogP contribution is 2.16. The molecule has 0 heterocycles. The molecule has 25 heavy (non-hydrogen) atoms. The lowest BCUT2D eigenvalue weighted by Crippen LogP contribution is -1.96. The molecule has 0 unspecified atom stereocenters. The van der Waals surface area contributed by atoms with Crippen molar-refractivity contribution < 1.29 is 4.74 Å². The van der Waals surface area contributed by atoms with Gasteiger partial charge in [-0.05, 0) is 48.4 Å². The van der Waals surface area contributed by atoms with Crippen molar-refractivity contribution >= 4 is 23.5 Å². The SMILES string of the molecule is Cc1ccc(COc2cccc(C=NNc3cccc(Cl)c3)c2)cc1. The first-order valence-electron chi connectivity index (χ1n) is 8.02. The fourth-order valence-electron chi connectivity index (χ4n) is 2.27. The molecule has 0 atom stereocenters. The number of hydrogen-bond acceptors (Lipinski definition) is 3. The zero-order chi connectivity index (χ0) is 17.5. The summed E-state index contributed by atoms with van der Waals surface area (Å²) in [5, 5.41) is 4.91. The summed E-state index contributed by atoms with van der Waals surface area (Å²) in [6.45, 7) is 2.62. The van der Waals surface area contributed by atoms with Crippen LogP contribution in [0.1, 0.15) is 16.7 Å². The Morgan fingerprint density at radius 1 is 1.00 bits per heavy atom. The van der Waals surface area contributed by atoms with Gasteiger partial charge in [0.2, 0.25) is 0 Å². The van der Waals surface area contributed by atoms with Gasteiger partial charge in [-0.1, -0.05) is 59.6 Å². The molecular formula is C21H19ClN2O. The standard InChI is InChI=1S/C21H19ClN2O/c1-16-8-10-17(11-9-16)15-25-21-7-2-4-18(12-21)14-23-24-20-6-3-5-19(22)13-20/h2-14,24H,15H2,1H3. The maximum Gasteiger partial charge on any atom is 0.120 e.